The van der Waals surface area contributed by atoms with Gasteiger partial charge >= 0.3 is 0 Å². The van der Waals surface area contributed by atoms with Crippen LogP contribution >= 0.6 is 0 Å². The highest BCUT2D eigenvalue weighted by molar-refractivity contribution is 5.29. The van der Waals surface area contributed by atoms with E-state index in [2.05, 4.69) is 5.43 Å². The molecule has 3 N–H and O–H groups in total. The molecule has 18 heavy (non-hydrogen) atoms. The largest absolute Gasteiger partial charge is 0.494 e. The molecule has 0 radical (unpaired) electrons. The predicted octanol–water partition coefficient (Wildman–Crippen LogP) is 2.43. The SMILES string of the molecule is CCOc1ccc(C(Cc2ccco2)NN)cc1. The van der Waals surface area contributed by atoms with Gasteiger partial charge in [-0.15, -0.1) is 0 Å². The van der Waals surface area contributed by atoms with Crippen LogP contribution in [-0.2, 0) is 6.42 Å². The third-order valence-corrected chi connectivity index (χ3v) is 2.78. The summed E-state index contributed by atoms with van der Waals surface area (Å²) in [7, 11) is 0. The summed E-state index contributed by atoms with van der Waals surface area (Å²) in [5.74, 6) is 7.37. The van der Waals surface area contributed by atoms with Gasteiger partial charge in [-0.25, -0.2) is 0 Å². The van der Waals surface area contributed by atoms with Gasteiger partial charge in [-0.2, -0.15) is 0 Å². The van der Waals surface area contributed by atoms with Crippen LogP contribution in [0.4, 0.5) is 0 Å². The topological polar surface area (TPSA) is 60.4 Å². The van der Waals surface area contributed by atoms with E-state index in [-0.39, 0.29) is 6.04 Å². The number of rotatable bonds is 6. The molecule has 0 aliphatic heterocycles. The summed E-state index contributed by atoms with van der Waals surface area (Å²) in [5, 5.41) is 0. The van der Waals surface area contributed by atoms with Crippen molar-refractivity contribution in [2.45, 2.75) is 19.4 Å². The molecule has 0 aliphatic carbocycles. The third-order valence-electron chi connectivity index (χ3n) is 2.78. The first-order chi connectivity index (χ1) is 8.83. The van der Waals surface area contributed by atoms with E-state index in [1.54, 1.807) is 6.26 Å². The summed E-state index contributed by atoms with van der Waals surface area (Å²) < 4.78 is 10.7. The van der Waals surface area contributed by atoms with Crippen molar-refractivity contribution in [1.82, 2.24) is 5.43 Å². The predicted molar refractivity (Wildman–Crippen MR) is 70.1 cm³/mol. The second kappa shape index (κ2) is 6.23. The molecule has 0 saturated heterocycles. The molecule has 0 saturated carbocycles. The molecule has 0 aliphatic rings. The number of nitrogens with one attached hydrogen (secondary N) is 1. The van der Waals surface area contributed by atoms with E-state index in [0.29, 0.717) is 6.61 Å². The lowest BCUT2D eigenvalue weighted by atomic mass is 10.0. The fraction of sp³-hybridized carbons (Fsp3) is 0.286. The van der Waals surface area contributed by atoms with Gasteiger partial charge in [0.15, 0.2) is 0 Å². The Morgan fingerprint density at radius 1 is 1.28 bits per heavy atom. The van der Waals surface area contributed by atoms with E-state index in [9.17, 15) is 0 Å². The molecule has 2 rings (SSSR count). The molecular formula is C14H18N2O2. The maximum atomic E-state index is 5.60. The summed E-state index contributed by atoms with van der Waals surface area (Å²) in [6, 6.07) is 11.8. The highest BCUT2D eigenvalue weighted by Gasteiger charge is 2.12. The number of hydrogen-bond donors (Lipinski definition) is 2. The first kappa shape index (κ1) is 12.7. The molecular weight excluding hydrogens is 228 g/mol. The van der Waals surface area contributed by atoms with Crippen molar-refractivity contribution < 1.29 is 9.15 Å². The first-order valence-corrected chi connectivity index (χ1v) is 6.04. The molecule has 1 aromatic heterocycles. The zero-order chi connectivity index (χ0) is 12.8. The highest BCUT2D eigenvalue weighted by Crippen LogP contribution is 2.21. The lowest BCUT2D eigenvalue weighted by Gasteiger charge is -2.15. The summed E-state index contributed by atoms with van der Waals surface area (Å²) in [6.45, 7) is 2.64. The van der Waals surface area contributed by atoms with Gasteiger partial charge < -0.3 is 9.15 Å². The minimum absolute atomic E-state index is 0.0341. The molecule has 0 spiro atoms. The molecule has 0 bridgehead atoms. The molecule has 0 amide bonds. The number of hydrazine groups is 1. The van der Waals surface area contributed by atoms with Crippen LogP contribution in [0, 0.1) is 0 Å². The monoisotopic (exact) mass is 246 g/mol. The molecule has 1 atom stereocenters. The minimum atomic E-state index is 0.0341. The summed E-state index contributed by atoms with van der Waals surface area (Å²) in [6.07, 6.45) is 2.39. The van der Waals surface area contributed by atoms with Crippen molar-refractivity contribution in [3.05, 3.63) is 54.0 Å². The van der Waals surface area contributed by atoms with Gasteiger partial charge in [0.25, 0.3) is 0 Å². The summed E-state index contributed by atoms with van der Waals surface area (Å²) >= 11 is 0. The van der Waals surface area contributed by atoms with E-state index in [1.807, 2.05) is 43.3 Å². The average molecular weight is 246 g/mol. The van der Waals surface area contributed by atoms with Crippen molar-refractivity contribution in [3.63, 3.8) is 0 Å². The molecule has 0 fully saturated rings. The number of ether oxygens (including phenoxy) is 1. The van der Waals surface area contributed by atoms with E-state index < -0.39 is 0 Å². The van der Waals surface area contributed by atoms with Gasteiger partial charge in [-0.05, 0) is 36.8 Å². The van der Waals surface area contributed by atoms with Crippen molar-refractivity contribution in [1.29, 1.82) is 0 Å². The Hall–Kier alpha value is -1.78. The maximum absolute atomic E-state index is 5.60. The molecule has 1 unspecified atom stereocenters. The summed E-state index contributed by atoms with van der Waals surface area (Å²) in [4.78, 5) is 0. The normalized spacial score (nSPS) is 12.3. The average Bonchev–Trinajstić information content (AvgIpc) is 2.90. The Kier molecular flexibility index (Phi) is 4.39. The zero-order valence-electron chi connectivity index (χ0n) is 10.4. The molecule has 2 aromatic rings. The molecule has 1 aromatic carbocycles. The first-order valence-electron chi connectivity index (χ1n) is 6.04. The van der Waals surface area contributed by atoms with Gasteiger partial charge in [0, 0.05) is 6.42 Å². The van der Waals surface area contributed by atoms with Crippen molar-refractivity contribution >= 4 is 0 Å². The second-order valence-corrected chi connectivity index (χ2v) is 4.00. The van der Waals surface area contributed by atoms with Crippen LogP contribution in [-0.4, -0.2) is 6.61 Å². The van der Waals surface area contributed by atoms with E-state index in [4.69, 9.17) is 15.0 Å². The molecule has 1 heterocycles. The fourth-order valence-corrected chi connectivity index (χ4v) is 1.87. The Bertz CT molecular complexity index is 451. The van der Waals surface area contributed by atoms with Crippen LogP contribution in [0.25, 0.3) is 0 Å². The third kappa shape index (κ3) is 3.12. The minimum Gasteiger partial charge on any atom is -0.494 e. The zero-order valence-corrected chi connectivity index (χ0v) is 10.4. The van der Waals surface area contributed by atoms with Crippen molar-refractivity contribution in [2.24, 2.45) is 5.84 Å². The van der Waals surface area contributed by atoms with Gasteiger partial charge in [0.2, 0.25) is 0 Å². The number of furan rings is 1. The second-order valence-electron chi connectivity index (χ2n) is 4.00. The lowest BCUT2D eigenvalue weighted by Crippen LogP contribution is -2.29. The molecule has 4 heteroatoms. The molecule has 96 valence electrons. The van der Waals surface area contributed by atoms with Crippen LogP contribution in [0.15, 0.2) is 47.1 Å². The van der Waals surface area contributed by atoms with E-state index >= 15 is 0 Å². The number of benzene rings is 1. The van der Waals surface area contributed by atoms with Gasteiger partial charge in [-0.1, -0.05) is 12.1 Å². The Morgan fingerprint density at radius 3 is 2.61 bits per heavy atom. The van der Waals surface area contributed by atoms with Crippen LogP contribution in [0.2, 0.25) is 0 Å². The summed E-state index contributed by atoms with van der Waals surface area (Å²) in [5.41, 5.74) is 3.92. The van der Waals surface area contributed by atoms with Gasteiger partial charge in [0.1, 0.15) is 11.5 Å². The Labute approximate surface area is 107 Å². The Morgan fingerprint density at radius 2 is 2.06 bits per heavy atom. The number of nitrogens with two attached hydrogens (primary N) is 1. The van der Waals surface area contributed by atoms with Crippen molar-refractivity contribution in [2.75, 3.05) is 6.61 Å². The highest BCUT2D eigenvalue weighted by atomic mass is 16.5. The van der Waals surface area contributed by atoms with Crippen molar-refractivity contribution in [3.8, 4) is 5.75 Å². The van der Waals surface area contributed by atoms with Gasteiger partial charge in [-0.3, -0.25) is 11.3 Å². The smallest absolute Gasteiger partial charge is 0.119 e. The van der Waals surface area contributed by atoms with Crippen LogP contribution in [0.5, 0.6) is 5.75 Å². The van der Waals surface area contributed by atoms with Crippen LogP contribution in [0.3, 0.4) is 0 Å². The van der Waals surface area contributed by atoms with Crippen LogP contribution in [0.1, 0.15) is 24.3 Å². The van der Waals surface area contributed by atoms with E-state index in [0.717, 1.165) is 23.5 Å². The Balaban J connectivity index is 2.07. The standard InChI is InChI=1S/C14H18N2O2/c1-2-17-12-7-5-11(6-8-12)14(16-15)10-13-4-3-9-18-13/h3-9,14,16H,2,10,15H2,1H3. The number of hydrogen-bond acceptors (Lipinski definition) is 4. The molecule has 4 nitrogen and oxygen atoms in total. The quantitative estimate of drug-likeness (QED) is 0.607. The maximum Gasteiger partial charge on any atom is 0.119 e. The fourth-order valence-electron chi connectivity index (χ4n) is 1.87. The van der Waals surface area contributed by atoms with E-state index in [1.165, 1.54) is 0 Å². The van der Waals surface area contributed by atoms with Crippen LogP contribution < -0.4 is 16.0 Å². The lowest BCUT2D eigenvalue weighted by molar-refractivity contribution is 0.340. The van der Waals surface area contributed by atoms with Gasteiger partial charge in [0.05, 0.1) is 18.9 Å².